The molecule has 0 rings (SSSR count). The maximum Gasteiger partial charge on any atom is 0.211 e. The van der Waals surface area contributed by atoms with Crippen LogP contribution in [-0.2, 0) is 10.0 Å². The molecule has 1 atom stereocenters. The van der Waals surface area contributed by atoms with Gasteiger partial charge >= 0.3 is 0 Å². The highest BCUT2D eigenvalue weighted by Gasteiger charge is 2.05. The number of rotatable bonds is 10. The van der Waals surface area contributed by atoms with Crippen LogP contribution in [0.25, 0.3) is 0 Å². The molecule has 16 heavy (non-hydrogen) atoms. The Bertz CT molecular complexity index is 253. The Morgan fingerprint density at radius 3 is 2.38 bits per heavy atom. The molecular formula is C11H26N2O2S. The predicted octanol–water partition coefficient (Wildman–Crippen LogP) is 1.48. The minimum Gasteiger partial charge on any atom is -0.313 e. The maximum absolute atomic E-state index is 11.1. The van der Waals surface area contributed by atoms with Gasteiger partial charge in [-0.15, -0.1) is 0 Å². The molecule has 0 radical (unpaired) electrons. The Morgan fingerprint density at radius 1 is 1.12 bits per heavy atom. The number of nitrogens with one attached hydrogen (secondary N) is 2. The van der Waals surface area contributed by atoms with Crippen molar-refractivity contribution >= 4 is 10.0 Å². The van der Waals surface area contributed by atoms with Crippen molar-refractivity contribution in [2.75, 3.05) is 18.8 Å². The second-order valence-electron chi connectivity index (χ2n) is 4.15. The van der Waals surface area contributed by atoms with Gasteiger partial charge in [0.2, 0.25) is 10.0 Å². The molecule has 0 aliphatic carbocycles. The van der Waals surface area contributed by atoms with Gasteiger partial charge < -0.3 is 5.32 Å². The van der Waals surface area contributed by atoms with Gasteiger partial charge in [-0.3, -0.25) is 0 Å². The van der Waals surface area contributed by atoms with Gasteiger partial charge in [-0.2, -0.15) is 0 Å². The topological polar surface area (TPSA) is 58.2 Å². The van der Waals surface area contributed by atoms with Gasteiger partial charge in [-0.25, -0.2) is 13.1 Å². The second-order valence-corrected chi connectivity index (χ2v) is 6.24. The van der Waals surface area contributed by atoms with Crippen molar-refractivity contribution in [3.63, 3.8) is 0 Å². The molecule has 0 bridgehead atoms. The first-order valence-corrected chi connectivity index (χ1v) is 7.87. The maximum atomic E-state index is 11.1. The lowest BCUT2D eigenvalue weighted by atomic mass is 10.1. The normalized spacial score (nSPS) is 13.9. The zero-order valence-electron chi connectivity index (χ0n) is 10.8. The number of hydrogen-bond acceptors (Lipinski definition) is 3. The second kappa shape index (κ2) is 8.96. The summed E-state index contributed by atoms with van der Waals surface area (Å²) in [5.74, 6) is 0.152. The quantitative estimate of drug-likeness (QED) is 0.577. The standard InChI is InChI=1S/C11H26N2O2S/c1-4-6-7-8-11(3)12-9-10-13-16(14,15)5-2/h11-13H,4-10H2,1-3H3. The molecule has 1 unspecified atom stereocenters. The molecule has 0 aliphatic heterocycles. The summed E-state index contributed by atoms with van der Waals surface area (Å²) in [5, 5.41) is 3.31. The highest BCUT2D eigenvalue weighted by Crippen LogP contribution is 2.02. The Balaban J connectivity index is 3.44. The highest BCUT2D eigenvalue weighted by molar-refractivity contribution is 7.89. The summed E-state index contributed by atoms with van der Waals surface area (Å²) in [6, 6.07) is 0.470. The van der Waals surface area contributed by atoms with Crippen molar-refractivity contribution in [1.82, 2.24) is 10.0 Å². The van der Waals surface area contributed by atoms with Gasteiger partial charge in [-0.1, -0.05) is 26.2 Å². The van der Waals surface area contributed by atoms with E-state index in [0.29, 0.717) is 19.1 Å². The molecule has 0 aromatic heterocycles. The Morgan fingerprint density at radius 2 is 1.81 bits per heavy atom. The lowest BCUT2D eigenvalue weighted by Gasteiger charge is -2.13. The molecule has 0 aromatic carbocycles. The van der Waals surface area contributed by atoms with E-state index < -0.39 is 10.0 Å². The van der Waals surface area contributed by atoms with Crippen molar-refractivity contribution in [1.29, 1.82) is 0 Å². The monoisotopic (exact) mass is 250 g/mol. The predicted molar refractivity (Wildman–Crippen MR) is 69.1 cm³/mol. The molecule has 0 heterocycles. The van der Waals surface area contributed by atoms with E-state index in [9.17, 15) is 8.42 Å². The van der Waals surface area contributed by atoms with Gasteiger partial charge in [0.25, 0.3) is 0 Å². The summed E-state index contributed by atoms with van der Waals surface area (Å²) in [6.45, 7) is 7.16. The zero-order chi connectivity index (χ0) is 12.4. The van der Waals surface area contributed by atoms with Crippen LogP contribution in [0.3, 0.4) is 0 Å². The highest BCUT2D eigenvalue weighted by atomic mass is 32.2. The van der Waals surface area contributed by atoms with E-state index in [-0.39, 0.29) is 5.75 Å². The van der Waals surface area contributed by atoms with Crippen molar-refractivity contribution < 1.29 is 8.42 Å². The van der Waals surface area contributed by atoms with Crippen LogP contribution in [0, 0.1) is 0 Å². The van der Waals surface area contributed by atoms with Crippen LogP contribution < -0.4 is 10.0 Å². The van der Waals surface area contributed by atoms with E-state index in [2.05, 4.69) is 23.9 Å². The molecule has 0 amide bonds. The van der Waals surface area contributed by atoms with Crippen LogP contribution in [0.2, 0.25) is 0 Å². The summed E-state index contributed by atoms with van der Waals surface area (Å²) < 4.78 is 24.8. The van der Waals surface area contributed by atoms with E-state index in [1.807, 2.05) is 0 Å². The SMILES string of the molecule is CCCCCC(C)NCCNS(=O)(=O)CC. The van der Waals surface area contributed by atoms with Gasteiger partial charge in [0.05, 0.1) is 5.75 Å². The van der Waals surface area contributed by atoms with Crippen LogP contribution in [-0.4, -0.2) is 33.3 Å². The summed E-state index contributed by atoms with van der Waals surface area (Å²) in [7, 11) is -3.03. The van der Waals surface area contributed by atoms with E-state index in [4.69, 9.17) is 0 Å². The number of unbranched alkanes of at least 4 members (excludes halogenated alkanes) is 2. The first-order valence-electron chi connectivity index (χ1n) is 6.22. The van der Waals surface area contributed by atoms with E-state index in [1.54, 1.807) is 6.92 Å². The Labute approximate surface area is 100 Å². The van der Waals surface area contributed by atoms with Crippen molar-refractivity contribution in [2.45, 2.75) is 52.5 Å². The molecular weight excluding hydrogens is 224 g/mol. The van der Waals surface area contributed by atoms with Crippen LogP contribution in [0.15, 0.2) is 0 Å². The third kappa shape index (κ3) is 9.12. The molecule has 0 aliphatic rings. The fourth-order valence-electron chi connectivity index (χ4n) is 1.43. The smallest absolute Gasteiger partial charge is 0.211 e. The number of hydrogen-bond donors (Lipinski definition) is 2. The lowest BCUT2D eigenvalue weighted by Crippen LogP contribution is -2.36. The first-order chi connectivity index (χ1) is 7.52. The van der Waals surface area contributed by atoms with Crippen molar-refractivity contribution in [3.8, 4) is 0 Å². The van der Waals surface area contributed by atoms with Crippen LogP contribution >= 0.6 is 0 Å². The summed E-state index contributed by atoms with van der Waals surface area (Å²) in [4.78, 5) is 0. The first kappa shape index (κ1) is 15.9. The fraction of sp³-hybridized carbons (Fsp3) is 1.00. The van der Waals surface area contributed by atoms with E-state index in [1.165, 1.54) is 19.3 Å². The molecule has 0 aromatic rings. The summed E-state index contributed by atoms with van der Waals surface area (Å²) in [5.41, 5.74) is 0. The van der Waals surface area contributed by atoms with Crippen LogP contribution in [0.4, 0.5) is 0 Å². The molecule has 0 saturated heterocycles. The van der Waals surface area contributed by atoms with Crippen LogP contribution in [0.1, 0.15) is 46.5 Å². The molecule has 2 N–H and O–H groups in total. The summed E-state index contributed by atoms with van der Waals surface area (Å²) >= 11 is 0. The molecule has 4 nitrogen and oxygen atoms in total. The molecule has 0 spiro atoms. The van der Waals surface area contributed by atoms with Crippen LogP contribution in [0.5, 0.6) is 0 Å². The van der Waals surface area contributed by atoms with E-state index >= 15 is 0 Å². The third-order valence-electron chi connectivity index (χ3n) is 2.56. The minimum atomic E-state index is -3.03. The zero-order valence-corrected chi connectivity index (χ0v) is 11.6. The lowest BCUT2D eigenvalue weighted by molar-refractivity contribution is 0.488. The summed E-state index contributed by atoms with van der Waals surface area (Å²) in [6.07, 6.45) is 4.91. The van der Waals surface area contributed by atoms with E-state index in [0.717, 1.165) is 6.42 Å². The van der Waals surface area contributed by atoms with Gasteiger partial charge in [0.1, 0.15) is 0 Å². The van der Waals surface area contributed by atoms with Gasteiger partial charge in [-0.05, 0) is 20.3 Å². The molecule has 5 heteroatoms. The van der Waals surface area contributed by atoms with Crippen molar-refractivity contribution in [3.05, 3.63) is 0 Å². The molecule has 98 valence electrons. The Kier molecular flexibility index (Phi) is 8.89. The van der Waals surface area contributed by atoms with Gasteiger partial charge in [0, 0.05) is 19.1 Å². The fourth-order valence-corrected chi connectivity index (χ4v) is 2.05. The van der Waals surface area contributed by atoms with Crippen molar-refractivity contribution in [2.24, 2.45) is 0 Å². The minimum absolute atomic E-state index is 0.152. The largest absolute Gasteiger partial charge is 0.313 e. The molecule has 0 saturated carbocycles. The van der Waals surface area contributed by atoms with Gasteiger partial charge in [0.15, 0.2) is 0 Å². The Hall–Kier alpha value is -0.130. The number of sulfonamides is 1. The average molecular weight is 250 g/mol. The molecule has 0 fully saturated rings. The average Bonchev–Trinajstić information content (AvgIpc) is 2.25. The third-order valence-corrected chi connectivity index (χ3v) is 3.96.